The molecule has 0 radical (unpaired) electrons. The van der Waals surface area contributed by atoms with Crippen LogP contribution in [-0.4, -0.2) is 28.7 Å². The van der Waals surface area contributed by atoms with E-state index in [1.54, 1.807) is 13.8 Å². The van der Waals surface area contributed by atoms with Gasteiger partial charge in [-0.05, 0) is 12.8 Å². The molecule has 0 bridgehead atoms. The Bertz CT molecular complexity index is 359. The normalized spacial score (nSPS) is 20.5. The Morgan fingerprint density at radius 1 is 1.50 bits per heavy atom. The first-order valence-corrected chi connectivity index (χ1v) is 5.06. The van der Waals surface area contributed by atoms with Crippen molar-refractivity contribution in [3.05, 3.63) is 12.3 Å². The van der Waals surface area contributed by atoms with Gasteiger partial charge in [-0.15, -0.1) is 0 Å². The number of carbonyl (C=O) groups is 3. The van der Waals surface area contributed by atoms with Crippen molar-refractivity contribution < 1.29 is 19.1 Å². The molecule has 1 aliphatic heterocycles. The van der Waals surface area contributed by atoms with Gasteiger partial charge in [0.25, 0.3) is 0 Å². The molecular formula is C11H15NO4. The zero-order valence-corrected chi connectivity index (χ0v) is 9.65. The standard InChI is InChI=1S/C11H15NO4/c1-6(2)10-8(13)5-9(14)12(10)11(15)16-7(3)4/h6,10H,3,5H2,1-2,4H3/t10-/m1/s1. The summed E-state index contributed by atoms with van der Waals surface area (Å²) in [7, 11) is 0. The van der Waals surface area contributed by atoms with Crippen molar-refractivity contribution in [2.75, 3.05) is 0 Å². The van der Waals surface area contributed by atoms with Gasteiger partial charge in [-0.2, -0.15) is 0 Å². The highest BCUT2D eigenvalue weighted by molar-refractivity contribution is 6.13. The maximum Gasteiger partial charge on any atom is 0.422 e. The predicted molar refractivity (Wildman–Crippen MR) is 56.4 cm³/mol. The monoisotopic (exact) mass is 225 g/mol. The molecule has 0 aromatic heterocycles. The lowest BCUT2D eigenvalue weighted by molar-refractivity contribution is -0.127. The summed E-state index contributed by atoms with van der Waals surface area (Å²) in [5.41, 5.74) is 0. The summed E-state index contributed by atoms with van der Waals surface area (Å²) in [6, 6.07) is -0.709. The van der Waals surface area contributed by atoms with Crippen LogP contribution < -0.4 is 0 Å². The molecule has 1 fully saturated rings. The average Bonchev–Trinajstić information content (AvgIpc) is 2.39. The summed E-state index contributed by atoms with van der Waals surface area (Å²) in [6.07, 6.45) is -1.05. The Labute approximate surface area is 94.1 Å². The van der Waals surface area contributed by atoms with Gasteiger partial charge in [0, 0.05) is 0 Å². The first-order chi connectivity index (χ1) is 7.34. The van der Waals surface area contributed by atoms with Gasteiger partial charge < -0.3 is 4.74 Å². The van der Waals surface area contributed by atoms with Gasteiger partial charge in [0.2, 0.25) is 5.91 Å². The van der Waals surface area contributed by atoms with Gasteiger partial charge >= 0.3 is 6.09 Å². The lowest BCUT2D eigenvalue weighted by Crippen LogP contribution is -2.43. The first-order valence-electron chi connectivity index (χ1n) is 5.06. The van der Waals surface area contributed by atoms with E-state index in [4.69, 9.17) is 4.74 Å². The van der Waals surface area contributed by atoms with Crippen LogP contribution in [0.4, 0.5) is 4.79 Å². The topological polar surface area (TPSA) is 63.7 Å². The highest BCUT2D eigenvalue weighted by Gasteiger charge is 2.44. The number of ether oxygens (including phenoxy) is 1. The van der Waals surface area contributed by atoms with E-state index in [2.05, 4.69) is 6.58 Å². The third-order valence-corrected chi connectivity index (χ3v) is 2.29. The molecule has 88 valence electrons. The van der Waals surface area contributed by atoms with E-state index < -0.39 is 18.0 Å². The van der Waals surface area contributed by atoms with Crippen molar-refractivity contribution >= 4 is 17.8 Å². The van der Waals surface area contributed by atoms with Gasteiger partial charge in [0.1, 0.15) is 6.04 Å². The summed E-state index contributed by atoms with van der Waals surface area (Å²) < 4.78 is 4.75. The molecule has 1 heterocycles. The van der Waals surface area contributed by atoms with Crippen LogP contribution in [0.5, 0.6) is 0 Å². The van der Waals surface area contributed by atoms with Gasteiger partial charge in [-0.3, -0.25) is 9.59 Å². The number of hydrogen-bond donors (Lipinski definition) is 0. The minimum absolute atomic E-state index is 0.114. The highest BCUT2D eigenvalue weighted by Crippen LogP contribution is 2.23. The molecule has 0 unspecified atom stereocenters. The molecule has 1 saturated heterocycles. The lowest BCUT2D eigenvalue weighted by Gasteiger charge is -2.23. The Kier molecular flexibility index (Phi) is 3.47. The molecule has 5 heteroatoms. The Morgan fingerprint density at radius 2 is 2.06 bits per heavy atom. The molecule has 1 atom stereocenters. The summed E-state index contributed by atoms with van der Waals surface area (Å²) in [5.74, 6) is -0.662. The number of allylic oxidation sites excluding steroid dienone is 1. The van der Waals surface area contributed by atoms with Crippen molar-refractivity contribution in [1.82, 2.24) is 4.90 Å². The summed E-state index contributed by atoms with van der Waals surface area (Å²) in [6.45, 7) is 8.48. The van der Waals surface area contributed by atoms with Crippen molar-refractivity contribution in [3.8, 4) is 0 Å². The fourth-order valence-electron chi connectivity index (χ4n) is 1.72. The van der Waals surface area contributed by atoms with Crippen LogP contribution in [0.15, 0.2) is 12.3 Å². The van der Waals surface area contributed by atoms with Crippen LogP contribution in [0.25, 0.3) is 0 Å². The van der Waals surface area contributed by atoms with Crippen LogP contribution in [0, 0.1) is 5.92 Å². The second-order valence-corrected chi connectivity index (χ2v) is 4.17. The number of nitrogens with zero attached hydrogens (tertiary/aromatic N) is 1. The van der Waals surface area contributed by atoms with Gasteiger partial charge in [0.05, 0.1) is 12.2 Å². The first kappa shape index (κ1) is 12.4. The van der Waals surface area contributed by atoms with E-state index in [0.717, 1.165) is 4.90 Å². The molecule has 0 aliphatic carbocycles. The molecule has 1 aliphatic rings. The highest BCUT2D eigenvalue weighted by atomic mass is 16.6. The average molecular weight is 225 g/mol. The zero-order valence-electron chi connectivity index (χ0n) is 9.65. The molecule has 5 nitrogen and oxygen atoms in total. The molecule has 0 N–H and O–H groups in total. The van der Waals surface area contributed by atoms with E-state index in [1.807, 2.05) is 0 Å². The van der Waals surface area contributed by atoms with Crippen LogP contribution >= 0.6 is 0 Å². The Hall–Kier alpha value is -1.65. The number of amides is 2. The largest absolute Gasteiger partial charge is 0.422 e. The zero-order chi connectivity index (χ0) is 12.5. The number of ketones is 1. The number of hydrogen-bond acceptors (Lipinski definition) is 4. The molecule has 16 heavy (non-hydrogen) atoms. The molecule has 0 spiro atoms. The van der Waals surface area contributed by atoms with E-state index in [0.29, 0.717) is 0 Å². The van der Waals surface area contributed by atoms with Crippen molar-refractivity contribution in [2.24, 2.45) is 5.92 Å². The number of rotatable bonds is 2. The second-order valence-electron chi connectivity index (χ2n) is 4.17. The van der Waals surface area contributed by atoms with Crippen molar-refractivity contribution in [2.45, 2.75) is 33.2 Å². The van der Waals surface area contributed by atoms with Crippen LogP contribution in [0.3, 0.4) is 0 Å². The smallest absolute Gasteiger partial charge is 0.415 e. The van der Waals surface area contributed by atoms with E-state index in [-0.39, 0.29) is 23.9 Å². The Morgan fingerprint density at radius 3 is 2.50 bits per heavy atom. The number of Topliss-reactive ketones (excluding diaryl/α,β-unsaturated/α-hetero) is 1. The number of carbonyl (C=O) groups excluding carboxylic acids is 3. The maximum atomic E-state index is 11.6. The molecular weight excluding hydrogens is 210 g/mol. The quantitative estimate of drug-likeness (QED) is 0.527. The number of likely N-dealkylation sites (tertiary alicyclic amines) is 1. The van der Waals surface area contributed by atoms with E-state index in [9.17, 15) is 14.4 Å². The fourth-order valence-corrected chi connectivity index (χ4v) is 1.72. The maximum absolute atomic E-state index is 11.6. The molecule has 0 aromatic carbocycles. The van der Waals surface area contributed by atoms with Gasteiger partial charge in [-0.25, -0.2) is 9.69 Å². The summed E-state index contributed by atoms with van der Waals surface area (Å²) in [4.78, 5) is 35.5. The minimum Gasteiger partial charge on any atom is -0.415 e. The van der Waals surface area contributed by atoms with Crippen molar-refractivity contribution in [3.63, 3.8) is 0 Å². The number of imide groups is 1. The van der Waals surface area contributed by atoms with Gasteiger partial charge in [-0.1, -0.05) is 20.4 Å². The summed E-state index contributed by atoms with van der Waals surface area (Å²) in [5, 5.41) is 0. The molecule has 2 amide bonds. The second kappa shape index (κ2) is 4.47. The van der Waals surface area contributed by atoms with Crippen molar-refractivity contribution in [1.29, 1.82) is 0 Å². The molecule has 1 rings (SSSR count). The fraction of sp³-hybridized carbons (Fsp3) is 0.545. The third kappa shape index (κ3) is 2.29. The lowest BCUT2D eigenvalue weighted by atomic mass is 10.0. The Balaban J connectivity index is 2.91. The van der Waals surface area contributed by atoms with Crippen LogP contribution in [0.2, 0.25) is 0 Å². The van der Waals surface area contributed by atoms with Gasteiger partial charge in [0.15, 0.2) is 5.78 Å². The predicted octanol–water partition coefficient (Wildman–Crippen LogP) is 1.48. The van der Waals surface area contributed by atoms with Crippen LogP contribution in [0.1, 0.15) is 27.2 Å². The summed E-state index contributed by atoms with van der Waals surface area (Å²) >= 11 is 0. The molecule has 0 aromatic rings. The SMILES string of the molecule is C=C(C)OC(=O)N1C(=O)CC(=O)[C@H]1C(C)C. The minimum atomic E-state index is -0.818. The van der Waals surface area contributed by atoms with E-state index in [1.165, 1.54) is 6.92 Å². The van der Waals surface area contributed by atoms with E-state index >= 15 is 0 Å². The molecule has 0 saturated carbocycles. The third-order valence-electron chi connectivity index (χ3n) is 2.29. The van der Waals surface area contributed by atoms with Crippen LogP contribution in [-0.2, 0) is 14.3 Å².